The van der Waals surface area contributed by atoms with Crippen molar-refractivity contribution in [3.63, 3.8) is 0 Å². The van der Waals surface area contributed by atoms with E-state index in [4.69, 9.17) is 4.74 Å². The molecule has 1 heterocycles. The molecule has 0 radical (unpaired) electrons. The fraction of sp³-hybridized carbons (Fsp3) is 0.579. The molecule has 1 aliphatic heterocycles. The Morgan fingerprint density at radius 3 is 2.56 bits per heavy atom. The van der Waals surface area contributed by atoms with Crippen LogP contribution in [0.4, 0.5) is 13.2 Å². The summed E-state index contributed by atoms with van der Waals surface area (Å²) in [6, 6.07) is 4.33. The van der Waals surface area contributed by atoms with Gasteiger partial charge in [-0.25, -0.2) is 0 Å². The highest BCUT2D eigenvalue weighted by atomic mass is 19.4. The largest absolute Gasteiger partial charge is 0.491 e. The maximum atomic E-state index is 12.7. The lowest BCUT2D eigenvalue weighted by atomic mass is 9.73. The first-order chi connectivity index (χ1) is 12.7. The molecule has 0 bridgehead atoms. The number of carbonyl (C=O) groups excluding carboxylic acids is 2. The number of hydrogen-bond donors (Lipinski definition) is 1. The van der Waals surface area contributed by atoms with Gasteiger partial charge in [0.2, 0.25) is 11.8 Å². The Balaban J connectivity index is 1.57. The number of imide groups is 1. The molecule has 1 saturated carbocycles. The van der Waals surface area contributed by atoms with Crippen LogP contribution in [-0.4, -0.2) is 41.1 Å². The number of aliphatic hydroxyl groups excluding tert-OH is 1. The van der Waals surface area contributed by atoms with Gasteiger partial charge in [-0.15, -0.1) is 0 Å². The number of ether oxygens (including phenoxy) is 1. The molecule has 3 rings (SSSR count). The van der Waals surface area contributed by atoms with Crippen LogP contribution in [0.25, 0.3) is 0 Å². The van der Waals surface area contributed by atoms with Gasteiger partial charge in [0, 0.05) is 6.42 Å². The van der Waals surface area contributed by atoms with Crippen LogP contribution in [0, 0.1) is 5.41 Å². The molecule has 0 unspecified atom stereocenters. The minimum atomic E-state index is -4.49. The van der Waals surface area contributed by atoms with E-state index in [0.29, 0.717) is 12.8 Å². The molecule has 8 heteroatoms. The summed E-state index contributed by atoms with van der Waals surface area (Å²) in [5, 5.41) is 10.1. The fourth-order valence-electron chi connectivity index (χ4n) is 3.88. The highest BCUT2D eigenvalue weighted by Crippen LogP contribution is 2.45. The van der Waals surface area contributed by atoms with Crippen molar-refractivity contribution in [1.29, 1.82) is 0 Å². The normalized spacial score (nSPS) is 21.0. The Hall–Kier alpha value is -2.09. The second-order valence-electron chi connectivity index (χ2n) is 7.32. The second-order valence-corrected chi connectivity index (χ2v) is 7.32. The van der Waals surface area contributed by atoms with Crippen LogP contribution in [-0.2, 0) is 15.8 Å². The Bertz CT molecular complexity index is 713. The molecule has 1 N–H and O–H groups in total. The predicted molar refractivity (Wildman–Crippen MR) is 89.8 cm³/mol. The molecule has 1 aliphatic carbocycles. The van der Waals surface area contributed by atoms with Crippen LogP contribution < -0.4 is 4.74 Å². The van der Waals surface area contributed by atoms with Crippen LogP contribution in [0.5, 0.6) is 5.75 Å². The van der Waals surface area contributed by atoms with Crippen LogP contribution >= 0.6 is 0 Å². The number of amides is 2. The number of β-amino-alcohol motifs (C(OH)–C–C–N with tert-alkyl or cyclic N) is 1. The summed E-state index contributed by atoms with van der Waals surface area (Å²) in [4.78, 5) is 26.0. The number of nitrogens with zero attached hydrogens (tertiary/aromatic N) is 1. The summed E-state index contributed by atoms with van der Waals surface area (Å²) in [6.07, 6.45) is -1.24. The fourth-order valence-corrected chi connectivity index (χ4v) is 3.88. The van der Waals surface area contributed by atoms with E-state index in [0.717, 1.165) is 36.3 Å². The molecule has 1 spiro atoms. The third-order valence-corrected chi connectivity index (χ3v) is 5.30. The van der Waals surface area contributed by atoms with E-state index in [9.17, 15) is 27.9 Å². The van der Waals surface area contributed by atoms with Crippen molar-refractivity contribution >= 4 is 11.8 Å². The second kappa shape index (κ2) is 7.50. The first-order valence-electron chi connectivity index (χ1n) is 9.04. The maximum absolute atomic E-state index is 12.7. The Kier molecular flexibility index (Phi) is 5.46. The molecule has 148 valence electrons. The lowest BCUT2D eigenvalue weighted by Crippen LogP contribution is -2.42. The third kappa shape index (κ3) is 4.26. The molecule has 5 nitrogen and oxygen atoms in total. The SMILES string of the molecule is O=C1CC2(CCCCC2)C(=O)N1C[C@H](O)COc1cccc(C(F)(F)F)c1. The third-order valence-electron chi connectivity index (χ3n) is 5.30. The van der Waals surface area contributed by atoms with Crippen molar-refractivity contribution in [1.82, 2.24) is 4.90 Å². The monoisotopic (exact) mass is 385 g/mol. The van der Waals surface area contributed by atoms with Crippen molar-refractivity contribution in [2.75, 3.05) is 13.2 Å². The van der Waals surface area contributed by atoms with Gasteiger partial charge >= 0.3 is 6.18 Å². The van der Waals surface area contributed by atoms with Crippen molar-refractivity contribution in [2.45, 2.75) is 50.8 Å². The lowest BCUT2D eigenvalue weighted by molar-refractivity contribution is -0.144. The predicted octanol–water partition coefficient (Wildman–Crippen LogP) is 3.15. The maximum Gasteiger partial charge on any atom is 0.416 e. The van der Waals surface area contributed by atoms with Crippen molar-refractivity contribution < 1.29 is 32.6 Å². The van der Waals surface area contributed by atoms with E-state index < -0.39 is 23.3 Å². The Morgan fingerprint density at radius 1 is 1.19 bits per heavy atom. The minimum Gasteiger partial charge on any atom is -0.491 e. The van der Waals surface area contributed by atoms with Gasteiger partial charge in [-0.2, -0.15) is 13.2 Å². The van der Waals surface area contributed by atoms with E-state index in [1.165, 1.54) is 12.1 Å². The van der Waals surface area contributed by atoms with Crippen molar-refractivity contribution in [3.05, 3.63) is 29.8 Å². The zero-order valence-electron chi connectivity index (χ0n) is 14.8. The molecule has 1 saturated heterocycles. The van der Waals surface area contributed by atoms with Gasteiger partial charge in [-0.3, -0.25) is 14.5 Å². The average Bonchev–Trinajstić information content (AvgIpc) is 2.84. The van der Waals surface area contributed by atoms with Gasteiger partial charge in [0.25, 0.3) is 0 Å². The first-order valence-corrected chi connectivity index (χ1v) is 9.04. The van der Waals surface area contributed by atoms with E-state index in [1.807, 2.05) is 0 Å². The number of carbonyl (C=O) groups is 2. The molecule has 0 aromatic heterocycles. The number of aliphatic hydroxyl groups is 1. The summed E-state index contributed by atoms with van der Waals surface area (Å²) < 4.78 is 43.4. The van der Waals surface area contributed by atoms with Crippen LogP contribution in [0.15, 0.2) is 24.3 Å². The van der Waals surface area contributed by atoms with Crippen LogP contribution in [0.2, 0.25) is 0 Å². The van der Waals surface area contributed by atoms with Crippen molar-refractivity contribution in [3.8, 4) is 5.75 Å². The smallest absolute Gasteiger partial charge is 0.416 e. The number of likely N-dealkylation sites (tertiary alicyclic amines) is 1. The standard InChI is InChI=1S/C19H22F3NO4/c20-19(21,22)13-5-4-6-15(9-13)27-12-14(24)11-23-16(25)10-18(17(23)26)7-2-1-3-8-18/h4-6,9,14,24H,1-3,7-8,10-12H2/t14-/m0/s1. The molecule has 2 aliphatic rings. The van der Waals surface area contributed by atoms with Crippen LogP contribution in [0.1, 0.15) is 44.1 Å². The van der Waals surface area contributed by atoms with Crippen LogP contribution in [0.3, 0.4) is 0 Å². The topological polar surface area (TPSA) is 66.8 Å². The quantitative estimate of drug-likeness (QED) is 0.791. The molecule has 1 aromatic carbocycles. The summed E-state index contributed by atoms with van der Waals surface area (Å²) in [5.74, 6) is -0.586. The highest BCUT2D eigenvalue weighted by Gasteiger charge is 2.51. The zero-order chi connectivity index (χ0) is 19.7. The molecular formula is C19H22F3NO4. The molecule has 1 atom stereocenters. The summed E-state index contributed by atoms with van der Waals surface area (Å²) in [6.45, 7) is -0.524. The van der Waals surface area contributed by atoms with E-state index >= 15 is 0 Å². The van der Waals surface area contributed by atoms with Gasteiger partial charge < -0.3 is 9.84 Å². The molecular weight excluding hydrogens is 363 g/mol. The number of alkyl halides is 3. The molecule has 1 aromatic rings. The number of rotatable bonds is 5. The van der Waals surface area contributed by atoms with Gasteiger partial charge in [-0.05, 0) is 31.0 Å². The van der Waals surface area contributed by atoms with Crippen molar-refractivity contribution in [2.24, 2.45) is 5.41 Å². The van der Waals surface area contributed by atoms with Gasteiger partial charge in [-0.1, -0.05) is 25.3 Å². The van der Waals surface area contributed by atoms with Gasteiger partial charge in [0.05, 0.1) is 17.5 Å². The zero-order valence-corrected chi connectivity index (χ0v) is 14.8. The van der Waals surface area contributed by atoms with E-state index in [1.54, 1.807) is 0 Å². The van der Waals surface area contributed by atoms with Gasteiger partial charge in [0.1, 0.15) is 18.5 Å². The first kappa shape index (κ1) is 19.7. The summed E-state index contributed by atoms with van der Waals surface area (Å²) in [5.41, 5.74) is -1.48. The number of benzene rings is 1. The molecule has 2 amide bonds. The number of halogens is 3. The summed E-state index contributed by atoms with van der Waals surface area (Å²) >= 11 is 0. The van der Waals surface area contributed by atoms with E-state index in [-0.39, 0.29) is 37.1 Å². The molecule has 2 fully saturated rings. The molecule has 27 heavy (non-hydrogen) atoms. The van der Waals surface area contributed by atoms with E-state index in [2.05, 4.69) is 0 Å². The number of hydrogen-bond acceptors (Lipinski definition) is 4. The lowest BCUT2D eigenvalue weighted by Gasteiger charge is -2.30. The summed E-state index contributed by atoms with van der Waals surface area (Å²) in [7, 11) is 0. The highest BCUT2D eigenvalue weighted by molar-refractivity contribution is 6.06. The van der Waals surface area contributed by atoms with Gasteiger partial charge in [0.15, 0.2) is 0 Å². The average molecular weight is 385 g/mol. The minimum absolute atomic E-state index is 0.0355. The Morgan fingerprint density at radius 2 is 1.89 bits per heavy atom. The Labute approximate surface area is 155 Å².